The molecule has 1 aromatic heterocycles. The van der Waals surface area contributed by atoms with Gasteiger partial charge in [-0.3, -0.25) is 4.98 Å². The van der Waals surface area contributed by atoms with Crippen LogP contribution >= 0.6 is 11.6 Å². The maximum atomic E-state index is 10.4. The van der Waals surface area contributed by atoms with Crippen LogP contribution in [-0.4, -0.2) is 17.2 Å². The van der Waals surface area contributed by atoms with E-state index >= 15 is 0 Å². The van der Waals surface area contributed by atoms with Crippen molar-refractivity contribution in [3.8, 4) is 0 Å². The Bertz CT molecular complexity index is 597. The third kappa shape index (κ3) is 2.51. The highest BCUT2D eigenvalue weighted by atomic mass is 35.5. The zero-order valence-electron chi connectivity index (χ0n) is 8.72. The van der Waals surface area contributed by atoms with E-state index in [-0.39, 0.29) is 0 Å². The summed E-state index contributed by atoms with van der Waals surface area (Å²) in [5, 5.41) is 5.02. The van der Waals surface area contributed by atoms with E-state index in [0.29, 0.717) is 10.6 Å². The van der Waals surface area contributed by atoms with Crippen molar-refractivity contribution in [2.24, 2.45) is 10.8 Å². The summed E-state index contributed by atoms with van der Waals surface area (Å²) in [7, 11) is 0. The van der Waals surface area contributed by atoms with Crippen LogP contribution in [0.2, 0.25) is 5.02 Å². The van der Waals surface area contributed by atoms with Gasteiger partial charge in [0.15, 0.2) is 0 Å². The molecule has 2 aromatic rings. The van der Waals surface area contributed by atoms with Crippen LogP contribution in [0, 0.1) is 0 Å². The maximum absolute atomic E-state index is 10.4. The van der Waals surface area contributed by atoms with Crippen LogP contribution in [0.3, 0.4) is 0 Å². The Morgan fingerprint density at radius 2 is 2.29 bits per heavy atom. The normalized spacial score (nSPS) is 10.9. The van der Waals surface area contributed by atoms with Crippen molar-refractivity contribution in [3.05, 3.63) is 41.0 Å². The van der Waals surface area contributed by atoms with Crippen molar-refractivity contribution in [2.75, 3.05) is 0 Å². The van der Waals surface area contributed by atoms with Crippen LogP contribution in [0.25, 0.3) is 10.9 Å². The Labute approximate surface area is 102 Å². The monoisotopic (exact) mass is 248 g/mol. The van der Waals surface area contributed by atoms with E-state index in [1.165, 1.54) is 6.21 Å². The first kappa shape index (κ1) is 11.3. The van der Waals surface area contributed by atoms with Crippen molar-refractivity contribution in [2.45, 2.75) is 0 Å². The molecule has 2 rings (SSSR count). The fraction of sp³-hybridized carbons (Fsp3) is 0. The van der Waals surface area contributed by atoms with Crippen molar-refractivity contribution in [1.29, 1.82) is 0 Å². The van der Waals surface area contributed by atoms with Gasteiger partial charge in [0.05, 0.1) is 16.8 Å². The fourth-order valence-electron chi connectivity index (χ4n) is 1.40. The molecule has 5 nitrogen and oxygen atoms in total. The van der Waals surface area contributed by atoms with Gasteiger partial charge in [0.2, 0.25) is 0 Å². The summed E-state index contributed by atoms with van der Waals surface area (Å²) < 4.78 is 0. The first-order chi connectivity index (χ1) is 8.18. The first-order valence-electron chi connectivity index (χ1n) is 4.80. The fourth-order valence-corrected chi connectivity index (χ4v) is 1.67. The number of pyridine rings is 1. The number of halogens is 1. The molecular weight excluding hydrogens is 240 g/mol. The molecule has 17 heavy (non-hydrogen) atoms. The molecule has 1 aromatic carbocycles. The number of urea groups is 1. The minimum absolute atomic E-state index is 0.533. The molecular formula is C11H9ClN4O. The van der Waals surface area contributed by atoms with Gasteiger partial charge in [0, 0.05) is 17.1 Å². The lowest BCUT2D eigenvalue weighted by molar-refractivity contribution is 0.249. The lowest BCUT2D eigenvalue weighted by atomic mass is 10.1. The standard InChI is InChI=1S/C11H9ClN4O/c12-10-7(6-15-16-11(13)17)3-4-9-8(10)2-1-5-14-9/h1-6H,(H3,13,16,17). The molecule has 0 radical (unpaired) electrons. The number of hydrogen-bond acceptors (Lipinski definition) is 3. The smallest absolute Gasteiger partial charge is 0.332 e. The van der Waals surface area contributed by atoms with Crippen LogP contribution in [0.15, 0.2) is 35.6 Å². The van der Waals surface area contributed by atoms with E-state index in [1.807, 2.05) is 12.1 Å². The second-order valence-electron chi connectivity index (χ2n) is 3.27. The molecule has 0 saturated carbocycles. The molecule has 0 atom stereocenters. The first-order valence-corrected chi connectivity index (χ1v) is 5.18. The van der Waals surface area contributed by atoms with Crippen molar-refractivity contribution in [1.82, 2.24) is 10.4 Å². The predicted molar refractivity (Wildman–Crippen MR) is 67.1 cm³/mol. The van der Waals surface area contributed by atoms with Gasteiger partial charge in [-0.05, 0) is 24.3 Å². The molecule has 1 heterocycles. The molecule has 6 heteroatoms. The third-order valence-electron chi connectivity index (χ3n) is 2.13. The SMILES string of the molecule is NC(=O)NN=Cc1ccc2ncccc2c1Cl. The quantitative estimate of drug-likeness (QED) is 0.629. The summed E-state index contributed by atoms with van der Waals surface area (Å²) in [6, 6.07) is 6.54. The second-order valence-corrected chi connectivity index (χ2v) is 3.65. The number of nitrogens with zero attached hydrogens (tertiary/aromatic N) is 2. The number of amides is 2. The summed E-state index contributed by atoms with van der Waals surface area (Å²) in [6.07, 6.45) is 3.13. The van der Waals surface area contributed by atoms with Gasteiger partial charge in [0.25, 0.3) is 0 Å². The summed E-state index contributed by atoms with van der Waals surface area (Å²) in [4.78, 5) is 14.6. The zero-order valence-corrected chi connectivity index (χ0v) is 9.48. The lowest BCUT2D eigenvalue weighted by Gasteiger charge is -2.02. The van der Waals surface area contributed by atoms with Crippen molar-refractivity contribution in [3.63, 3.8) is 0 Å². The zero-order chi connectivity index (χ0) is 12.3. The lowest BCUT2D eigenvalue weighted by Crippen LogP contribution is -2.24. The number of primary amides is 1. The minimum atomic E-state index is -0.722. The maximum Gasteiger partial charge on any atom is 0.332 e. The van der Waals surface area contributed by atoms with E-state index in [9.17, 15) is 4.79 Å². The number of carbonyl (C=O) groups is 1. The Balaban J connectivity index is 2.39. The van der Waals surface area contributed by atoms with Crippen molar-refractivity contribution >= 4 is 34.7 Å². The van der Waals surface area contributed by atoms with E-state index in [1.54, 1.807) is 18.3 Å². The number of hydrazone groups is 1. The minimum Gasteiger partial charge on any atom is -0.350 e. The number of aromatic nitrogens is 1. The number of carbonyl (C=O) groups excluding carboxylic acids is 1. The molecule has 86 valence electrons. The predicted octanol–water partition coefficient (Wildman–Crippen LogP) is 1.89. The highest BCUT2D eigenvalue weighted by Gasteiger charge is 2.03. The largest absolute Gasteiger partial charge is 0.350 e. The number of nitrogens with two attached hydrogens (primary N) is 1. The molecule has 0 fully saturated rings. The number of benzene rings is 1. The highest BCUT2D eigenvalue weighted by molar-refractivity contribution is 6.37. The van der Waals surface area contributed by atoms with Crippen LogP contribution in [-0.2, 0) is 0 Å². The molecule has 0 bridgehead atoms. The van der Waals surface area contributed by atoms with E-state index in [2.05, 4.69) is 15.5 Å². The van der Waals surface area contributed by atoms with Gasteiger partial charge < -0.3 is 5.73 Å². The molecule has 3 N–H and O–H groups in total. The van der Waals surface area contributed by atoms with E-state index < -0.39 is 6.03 Å². The molecule has 0 aliphatic heterocycles. The number of fused-ring (bicyclic) bond motifs is 1. The van der Waals surface area contributed by atoms with Gasteiger partial charge in [-0.2, -0.15) is 5.10 Å². The van der Waals surface area contributed by atoms with Crippen LogP contribution in [0.4, 0.5) is 4.79 Å². The summed E-state index contributed by atoms with van der Waals surface area (Å²) in [5.74, 6) is 0. The Morgan fingerprint density at radius 1 is 1.47 bits per heavy atom. The number of nitrogens with one attached hydrogen (secondary N) is 1. The average molecular weight is 249 g/mol. The van der Waals surface area contributed by atoms with Gasteiger partial charge in [-0.15, -0.1) is 0 Å². The van der Waals surface area contributed by atoms with Crippen LogP contribution in [0.5, 0.6) is 0 Å². The highest BCUT2D eigenvalue weighted by Crippen LogP contribution is 2.24. The second kappa shape index (κ2) is 4.80. The Hall–Kier alpha value is -2.14. The van der Waals surface area contributed by atoms with E-state index in [4.69, 9.17) is 17.3 Å². The molecule has 0 unspecified atom stereocenters. The van der Waals surface area contributed by atoms with Gasteiger partial charge in [-0.25, -0.2) is 10.2 Å². The summed E-state index contributed by atoms with van der Waals surface area (Å²) in [5.41, 5.74) is 8.47. The Morgan fingerprint density at radius 3 is 3.06 bits per heavy atom. The number of hydrogen-bond donors (Lipinski definition) is 2. The van der Waals surface area contributed by atoms with Gasteiger partial charge in [0.1, 0.15) is 0 Å². The van der Waals surface area contributed by atoms with Crippen molar-refractivity contribution < 1.29 is 4.79 Å². The summed E-state index contributed by atoms with van der Waals surface area (Å²) in [6.45, 7) is 0. The molecule has 0 spiro atoms. The molecule has 0 aliphatic rings. The molecule has 0 saturated heterocycles. The Kier molecular flexibility index (Phi) is 3.20. The van der Waals surface area contributed by atoms with Gasteiger partial charge in [-0.1, -0.05) is 11.6 Å². The molecule has 2 amide bonds. The molecule has 0 aliphatic carbocycles. The van der Waals surface area contributed by atoms with E-state index in [0.717, 1.165) is 10.9 Å². The number of rotatable bonds is 2. The topological polar surface area (TPSA) is 80.4 Å². The van der Waals surface area contributed by atoms with Crippen LogP contribution in [0.1, 0.15) is 5.56 Å². The van der Waals surface area contributed by atoms with Gasteiger partial charge >= 0.3 is 6.03 Å². The average Bonchev–Trinajstić information content (AvgIpc) is 2.32. The third-order valence-corrected chi connectivity index (χ3v) is 2.55. The van der Waals surface area contributed by atoms with Crippen LogP contribution < -0.4 is 11.2 Å². The summed E-state index contributed by atoms with van der Waals surface area (Å²) >= 11 is 6.18.